The van der Waals surface area contributed by atoms with E-state index in [0.29, 0.717) is 12.3 Å². The number of amidine groups is 1. The van der Waals surface area contributed by atoms with E-state index >= 15 is 0 Å². The van der Waals surface area contributed by atoms with Gasteiger partial charge in [0.2, 0.25) is 5.91 Å². The fraction of sp³-hybridized carbons (Fsp3) is 0.167. The molecule has 0 atom stereocenters. The number of benzene rings is 2. The van der Waals surface area contributed by atoms with E-state index in [0.717, 1.165) is 10.9 Å². The number of rotatable bonds is 3. The maximum absolute atomic E-state index is 11.5. The zero-order valence-electron chi connectivity index (χ0n) is 13.2. The zero-order chi connectivity index (χ0) is 16.5. The molecule has 1 fully saturated rings. The maximum atomic E-state index is 11.5. The second-order valence-electron chi connectivity index (χ2n) is 5.67. The van der Waals surface area contributed by atoms with E-state index in [-0.39, 0.29) is 5.91 Å². The van der Waals surface area contributed by atoms with Crippen LogP contribution in [0.25, 0.3) is 10.8 Å². The number of hydrogen-bond acceptors (Lipinski definition) is 4. The molecule has 1 amide bonds. The van der Waals surface area contributed by atoms with Crippen molar-refractivity contribution in [2.45, 2.75) is 6.54 Å². The summed E-state index contributed by atoms with van der Waals surface area (Å²) in [5.41, 5.74) is 1.98. The van der Waals surface area contributed by atoms with E-state index in [1.54, 1.807) is 18.1 Å². The minimum Gasteiger partial charge on any atom is -0.294 e. The van der Waals surface area contributed by atoms with Crippen molar-refractivity contribution in [3.8, 4) is 0 Å². The first kappa shape index (κ1) is 15.0. The van der Waals surface area contributed by atoms with E-state index in [2.05, 4.69) is 46.5 Å². The van der Waals surface area contributed by atoms with Crippen LogP contribution in [0.5, 0.6) is 0 Å². The summed E-state index contributed by atoms with van der Waals surface area (Å²) in [4.78, 5) is 17.7. The number of aliphatic imine (C=N–C) groups is 1. The van der Waals surface area contributed by atoms with Crippen LogP contribution in [0.3, 0.4) is 0 Å². The second-order valence-corrected chi connectivity index (χ2v) is 6.61. The molecule has 0 bridgehead atoms. The van der Waals surface area contributed by atoms with Crippen molar-refractivity contribution in [3.05, 3.63) is 60.4 Å². The predicted octanol–water partition coefficient (Wildman–Crippen LogP) is 3.28. The highest BCUT2D eigenvalue weighted by Crippen LogP contribution is 2.23. The van der Waals surface area contributed by atoms with Crippen LogP contribution < -0.4 is 0 Å². The van der Waals surface area contributed by atoms with Crippen molar-refractivity contribution in [2.24, 2.45) is 4.99 Å². The number of nitrogens with zero attached hydrogens (tertiary/aromatic N) is 4. The minimum absolute atomic E-state index is 0.0851. The van der Waals surface area contributed by atoms with Crippen molar-refractivity contribution >= 4 is 39.3 Å². The quantitative estimate of drug-likeness (QED) is 0.737. The SMILES string of the molecule is CN1C(=O)CSC1=Nc1cnn(Cc2cccc3ccccc23)c1. The van der Waals surface area contributed by atoms with Gasteiger partial charge in [-0.2, -0.15) is 5.10 Å². The number of carbonyl (C=O) groups is 1. The third kappa shape index (κ3) is 2.80. The fourth-order valence-electron chi connectivity index (χ4n) is 2.75. The molecule has 4 rings (SSSR count). The Morgan fingerprint density at radius 2 is 2.04 bits per heavy atom. The molecule has 0 radical (unpaired) electrons. The summed E-state index contributed by atoms with van der Waals surface area (Å²) in [6.07, 6.45) is 3.64. The molecule has 120 valence electrons. The van der Waals surface area contributed by atoms with Gasteiger partial charge in [-0.3, -0.25) is 14.4 Å². The number of carbonyl (C=O) groups excluding carboxylic acids is 1. The fourth-order valence-corrected chi connectivity index (χ4v) is 3.66. The Morgan fingerprint density at radius 1 is 1.21 bits per heavy atom. The van der Waals surface area contributed by atoms with Gasteiger partial charge >= 0.3 is 0 Å². The lowest BCUT2D eigenvalue weighted by molar-refractivity contribution is -0.123. The van der Waals surface area contributed by atoms with Crippen molar-refractivity contribution < 1.29 is 4.79 Å². The molecule has 0 aliphatic carbocycles. The molecule has 2 heterocycles. The Hall–Kier alpha value is -2.60. The second kappa shape index (κ2) is 6.13. The van der Waals surface area contributed by atoms with E-state index in [1.807, 2.05) is 16.9 Å². The number of aromatic nitrogens is 2. The highest BCUT2D eigenvalue weighted by Gasteiger charge is 2.24. The first-order chi connectivity index (χ1) is 11.7. The van der Waals surface area contributed by atoms with Crippen LogP contribution in [-0.2, 0) is 11.3 Å². The molecule has 0 unspecified atom stereocenters. The minimum atomic E-state index is 0.0851. The molecular weight excluding hydrogens is 320 g/mol. The van der Waals surface area contributed by atoms with Crippen molar-refractivity contribution in [1.29, 1.82) is 0 Å². The smallest absolute Gasteiger partial charge is 0.238 e. The van der Waals surface area contributed by atoms with Crippen LogP contribution in [0.2, 0.25) is 0 Å². The molecule has 1 aromatic heterocycles. The summed E-state index contributed by atoms with van der Waals surface area (Å²) < 4.78 is 1.88. The zero-order valence-corrected chi connectivity index (χ0v) is 14.0. The number of amides is 1. The third-order valence-electron chi connectivity index (χ3n) is 4.04. The van der Waals surface area contributed by atoms with E-state index in [9.17, 15) is 4.79 Å². The highest BCUT2D eigenvalue weighted by atomic mass is 32.2. The van der Waals surface area contributed by atoms with Crippen molar-refractivity contribution in [2.75, 3.05) is 12.8 Å². The lowest BCUT2D eigenvalue weighted by Gasteiger charge is -2.07. The van der Waals surface area contributed by atoms with Gasteiger partial charge in [-0.15, -0.1) is 0 Å². The predicted molar refractivity (Wildman–Crippen MR) is 97.6 cm³/mol. The summed E-state index contributed by atoms with van der Waals surface area (Å²) in [5, 5.41) is 7.59. The van der Waals surface area contributed by atoms with Gasteiger partial charge in [0.25, 0.3) is 0 Å². The van der Waals surface area contributed by atoms with Crippen LogP contribution >= 0.6 is 11.8 Å². The average molecular weight is 336 g/mol. The molecule has 0 saturated carbocycles. The van der Waals surface area contributed by atoms with Crippen molar-refractivity contribution in [1.82, 2.24) is 14.7 Å². The lowest BCUT2D eigenvalue weighted by Crippen LogP contribution is -2.24. The number of hydrogen-bond donors (Lipinski definition) is 0. The molecule has 2 aromatic carbocycles. The third-order valence-corrected chi connectivity index (χ3v) is 5.06. The Bertz CT molecular complexity index is 942. The van der Waals surface area contributed by atoms with Gasteiger partial charge in [-0.25, -0.2) is 4.99 Å². The van der Waals surface area contributed by atoms with E-state index in [4.69, 9.17) is 0 Å². The topological polar surface area (TPSA) is 50.5 Å². The first-order valence-electron chi connectivity index (χ1n) is 7.68. The summed E-state index contributed by atoms with van der Waals surface area (Å²) in [6.45, 7) is 0.689. The maximum Gasteiger partial charge on any atom is 0.238 e. The van der Waals surface area contributed by atoms with Gasteiger partial charge in [0, 0.05) is 7.05 Å². The van der Waals surface area contributed by atoms with Crippen molar-refractivity contribution in [3.63, 3.8) is 0 Å². The standard InChI is InChI=1S/C18H16N4OS/c1-21-17(23)12-24-18(21)20-15-9-19-22(11-15)10-14-7-4-6-13-5-2-3-8-16(13)14/h2-9,11H,10,12H2,1H3. The van der Waals surface area contributed by atoms with Crippen LogP contribution in [0.1, 0.15) is 5.56 Å². The average Bonchev–Trinajstić information content (AvgIpc) is 3.17. The Balaban J connectivity index is 1.59. The molecule has 1 aliphatic heterocycles. The summed E-state index contributed by atoms with van der Waals surface area (Å²) >= 11 is 1.46. The molecule has 0 N–H and O–H groups in total. The molecule has 1 aliphatic rings. The van der Waals surface area contributed by atoms with Crippen LogP contribution in [0, 0.1) is 0 Å². The molecule has 3 aromatic rings. The van der Waals surface area contributed by atoms with Gasteiger partial charge in [0.05, 0.1) is 24.7 Å². The molecule has 6 heteroatoms. The molecule has 1 saturated heterocycles. The molecule has 24 heavy (non-hydrogen) atoms. The molecule has 0 spiro atoms. The number of thioether (sulfide) groups is 1. The highest BCUT2D eigenvalue weighted by molar-refractivity contribution is 8.15. The summed E-state index contributed by atoms with van der Waals surface area (Å²) in [7, 11) is 1.75. The van der Waals surface area contributed by atoms with Crippen LogP contribution in [0.4, 0.5) is 5.69 Å². The normalized spacial score (nSPS) is 16.5. The molecular formula is C18H16N4OS. The first-order valence-corrected chi connectivity index (χ1v) is 8.66. The monoisotopic (exact) mass is 336 g/mol. The Kier molecular flexibility index (Phi) is 3.82. The van der Waals surface area contributed by atoms with Gasteiger partial charge < -0.3 is 0 Å². The van der Waals surface area contributed by atoms with E-state index < -0.39 is 0 Å². The van der Waals surface area contributed by atoms with Gasteiger partial charge in [-0.05, 0) is 16.3 Å². The van der Waals surface area contributed by atoms with Gasteiger partial charge in [-0.1, -0.05) is 54.2 Å². The summed E-state index contributed by atoms with van der Waals surface area (Å²) in [5.74, 6) is 0.543. The Morgan fingerprint density at radius 3 is 2.88 bits per heavy atom. The van der Waals surface area contributed by atoms with Gasteiger partial charge in [0.15, 0.2) is 5.17 Å². The van der Waals surface area contributed by atoms with E-state index in [1.165, 1.54) is 28.1 Å². The van der Waals surface area contributed by atoms with Gasteiger partial charge in [0.1, 0.15) is 5.69 Å². The van der Waals surface area contributed by atoms with Crippen LogP contribution in [-0.4, -0.2) is 38.6 Å². The molecule has 5 nitrogen and oxygen atoms in total. The lowest BCUT2D eigenvalue weighted by atomic mass is 10.0. The Labute approximate surface area is 144 Å². The van der Waals surface area contributed by atoms with Crippen LogP contribution in [0.15, 0.2) is 59.9 Å². The largest absolute Gasteiger partial charge is 0.294 e. The number of fused-ring (bicyclic) bond motifs is 1. The summed E-state index contributed by atoms with van der Waals surface area (Å²) in [6, 6.07) is 14.6.